The summed E-state index contributed by atoms with van der Waals surface area (Å²) in [5.74, 6) is 2.14. The van der Waals surface area contributed by atoms with Gasteiger partial charge < -0.3 is 5.32 Å². The fourth-order valence-electron chi connectivity index (χ4n) is 3.33. The molecule has 1 amide bonds. The number of hydrogen-bond acceptors (Lipinski definition) is 5. The van der Waals surface area contributed by atoms with Crippen LogP contribution in [-0.4, -0.2) is 56.4 Å². The number of nitrogens with zero attached hydrogens (tertiary/aromatic N) is 4. The van der Waals surface area contributed by atoms with Crippen LogP contribution in [0.3, 0.4) is 0 Å². The fourth-order valence-corrected chi connectivity index (χ4v) is 4.46. The van der Waals surface area contributed by atoms with Crippen molar-refractivity contribution in [3.8, 4) is 5.69 Å². The highest BCUT2D eigenvalue weighted by molar-refractivity contribution is 7.99. The van der Waals surface area contributed by atoms with E-state index in [9.17, 15) is 4.79 Å². The van der Waals surface area contributed by atoms with Gasteiger partial charge in [0.25, 0.3) is 5.91 Å². The Morgan fingerprint density at radius 2 is 1.96 bits per heavy atom. The zero-order valence-corrected chi connectivity index (χ0v) is 16.4. The third-order valence-electron chi connectivity index (χ3n) is 4.89. The van der Waals surface area contributed by atoms with Gasteiger partial charge in [-0.05, 0) is 29.8 Å². The van der Waals surface area contributed by atoms with E-state index in [4.69, 9.17) is 0 Å². The normalized spacial score (nSPS) is 17.4. The molecule has 1 aliphatic rings. The first-order chi connectivity index (χ1) is 13.8. The van der Waals surface area contributed by atoms with E-state index in [1.807, 2.05) is 42.1 Å². The Bertz CT molecular complexity index is 883. The minimum atomic E-state index is -0.0413. The van der Waals surface area contributed by atoms with Crippen molar-refractivity contribution in [2.75, 3.05) is 24.6 Å². The summed E-state index contributed by atoms with van der Waals surface area (Å²) in [5, 5.41) is 10.9. The quantitative estimate of drug-likeness (QED) is 0.698. The molecular formula is C21H23N5OS. The summed E-state index contributed by atoms with van der Waals surface area (Å²) in [4.78, 5) is 15.1. The second kappa shape index (κ2) is 9.03. The molecule has 1 aromatic heterocycles. The van der Waals surface area contributed by atoms with E-state index in [1.54, 1.807) is 17.1 Å². The zero-order chi connectivity index (χ0) is 19.2. The maximum absolute atomic E-state index is 12.6. The number of thioether (sulfide) groups is 1. The number of aromatic nitrogens is 3. The lowest BCUT2D eigenvalue weighted by molar-refractivity contribution is 0.0935. The minimum absolute atomic E-state index is 0.0413. The number of carbonyl (C=O) groups is 1. The van der Waals surface area contributed by atoms with Gasteiger partial charge in [0.05, 0.1) is 18.1 Å². The molecule has 1 aliphatic heterocycles. The molecule has 2 aromatic carbocycles. The van der Waals surface area contributed by atoms with Crippen LogP contribution in [0.5, 0.6) is 0 Å². The number of rotatable bonds is 6. The first kappa shape index (κ1) is 18.7. The van der Waals surface area contributed by atoms with Crippen molar-refractivity contribution in [3.05, 3.63) is 78.1 Å². The van der Waals surface area contributed by atoms with Crippen LogP contribution in [-0.2, 0) is 6.54 Å². The summed E-state index contributed by atoms with van der Waals surface area (Å²) in [7, 11) is 0. The van der Waals surface area contributed by atoms with Gasteiger partial charge in [-0.25, -0.2) is 4.68 Å². The summed E-state index contributed by atoms with van der Waals surface area (Å²) in [5.41, 5.74) is 2.85. The Hall–Kier alpha value is -2.64. The maximum atomic E-state index is 12.6. The summed E-state index contributed by atoms with van der Waals surface area (Å²) in [6, 6.07) is 18.3. The van der Waals surface area contributed by atoms with Gasteiger partial charge in [0.2, 0.25) is 0 Å². The van der Waals surface area contributed by atoms with E-state index in [1.165, 1.54) is 5.56 Å². The Kier molecular flexibility index (Phi) is 6.04. The van der Waals surface area contributed by atoms with Crippen molar-refractivity contribution in [2.45, 2.75) is 12.6 Å². The third-order valence-corrected chi connectivity index (χ3v) is 5.98. The van der Waals surface area contributed by atoms with Crippen LogP contribution in [0, 0.1) is 0 Å². The average molecular weight is 394 g/mol. The molecule has 28 heavy (non-hydrogen) atoms. The summed E-state index contributed by atoms with van der Waals surface area (Å²) >= 11 is 1.96. The van der Waals surface area contributed by atoms with Crippen LogP contribution in [0.15, 0.2) is 67.0 Å². The molecule has 0 radical (unpaired) electrons. The topological polar surface area (TPSA) is 63.1 Å². The second-order valence-corrected chi connectivity index (χ2v) is 7.94. The van der Waals surface area contributed by atoms with Crippen molar-refractivity contribution in [2.24, 2.45) is 0 Å². The molecule has 1 fully saturated rings. The first-order valence-corrected chi connectivity index (χ1v) is 10.6. The van der Waals surface area contributed by atoms with Gasteiger partial charge in [-0.15, -0.1) is 5.10 Å². The van der Waals surface area contributed by atoms with Crippen LogP contribution in [0.2, 0.25) is 0 Å². The van der Waals surface area contributed by atoms with Gasteiger partial charge in [-0.1, -0.05) is 35.5 Å². The molecule has 2 heterocycles. The number of nitrogens with one attached hydrogen (secondary N) is 1. The Morgan fingerprint density at radius 3 is 2.71 bits per heavy atom. The molecule has 0 bridgehead atoms. The predicted octanol–water partition coefficient (Wildman–Crippen LogP) is 2.61. The van der Waals surface area contributed by atoms with Crippen LogP contribution < -0.4 is 5.32 Å². The van der Waals surface area contributed by atoms with Crippen molar-refractivity contribution < 1.29 is 4.79 Å². The molecule has 0 saturated carbocycles. The molecule has 1 unspecified atom stereocenters. The predicted molar refractivity (Wildman–Crippen MR) is 112 cm³/mol. The summed E-state index contributed by atoms with van der Waals surface area (Å²) in [6.07, 6.45) is 3.40. The van der Waals surface area contributed by atoms with Gasteiger partial charge in [0.15, 0.2) is 0 Å². The molecule has 4 rings (SSSR count). The van der Waals surface area contributed by atoms with E-state index in [2.05, 4.69) is 44.8 Å². The lowest BCUT2D eigenvalue weighted by Gasteiger charge is -2.35. The molecule has 0 aliphatic carbocycles. The van der Waals surface area contributed by atoms with Crippen LogP contribution in [0.4, 0.5) is 0 Å². The molecular weight excluding hydrogens is 370 g/mol. The molecule has 0 spiro atoms. The SMILES string of the molecule is O=C(NCC1CSCCN1Cc1ccccc1)c1ccc(-n2ccnn2)cc1. The Morgan fingerprint density at radius 1 is 1.14 bits per heavy atom. The van der Waals surface area contributed by atoms with Gasteiger partial charge in [0, 0.05) is 42.7 Å². The van der Waals surface area contributed by atoms with Gasteiger partial charge in [0.1, 0.15) is 0 Å². The lowest BCUT2D eigenvalue weighted by atomic mass is 10.1. The summed E-state index contributed by atoms with van der Waals surface area (Å²) in [6.45, 7) is 2.63. The molecule has 3 aromatic rings. The monoisotopic (exact) mass is 393 g/mol. The van der Waals surface area contributed by atoms with Crippen LogP contribution in [0.25, 0.3) is 5.69 Å². The van der Waals surface area contributed by atoms with Crippen LogP contribution in [0.1, 0.15) is 15.9 Å². The number of carbonyl (C=O) groups excluding carboxylic acids is 1. The van der Waals surface area contributed by atoms with E-state index in [0.29, 0.717) is 18.2 Å². The van der Waals surface area contributed by atoms with Gasteiger partial charge >= 0.3 is 0 Å². The van der Waals surface area contributed by atoms with Crippen LogP contribution >= 0.6 is 11.8 Å². The number of benzene rings is 2. The largest absolute Gasteiger partial charge is 0.350 e. The molecule has 6 nitrogen and oxygen atoms in total. The third kappa shape index (κ3) is 4.61. The first-order valence-electron chi connectivity index (χ1n) is 9.40. The van der Waals surface area contributed by atoms with Gasteiger partial charge in [-0.2, -0.15) is 11.8 Å². The molecule has 1 atom stereocenters. The van der Waals surface area contributed by atoms with E-state index in [-0.39, 0.29) is 5.91 Å². The smallest absolute Gasteiger partial charge is 0.251 e. The zero-order valence-electron chi connectivity index (χ0n) is 15.6. The average Bonchev–Trinajstić information content (AvgIpc) is 3.29. The van der Waals surface area contributed by atoms with Crippen molar-refractivity contribution >= 4 is 17.7 Å². The Balaban J connectivity index is 1.35. The Labute approximate surface area is 168 Å². The fraction of sp³-hybridized carbons (Fsp3) is 0.286. The molecule has 1 saturated heterocycles. The standard InChI is InChI=1S/C21H23N5OS/c27-21(18-6-8-19(9-7-18)26-11-10-23-24-26)22-14-20-16-28-13-12-25(20)15-17-4-2-1-3-5-17/h1-11,20H,12-16H2,(H,22,27). The van der Waals surface area contributed by atoms with E-state index in [0.717, 1.165) is 30.3 Å². The number of amides is 1. The van der Waals surface area contributed by atoms with Gasteiger partial charge in [-0.3, -0.25) is 9.69 Å². The summed E-state index contributed by atoms with van der Waals surface area (Å²) < 4.78 is 1.67. The maximum Gasteiger partial charge on any atom is 0.251 e. The van der Waals surface area contributed by atoms with Crippen molar-refractivity contribution in [1.82, 2.24) is 25.2 Å². The molecule has 1 N–H and O–H groups in total. The van der Waals surface area contributed by atoms with Crippen molar-refractivity contribution in [3.63, 3.8) is 0 Å². The van der Waals surface area contributed by atoms with E-state index < -0.39 is 0 Å². The highest BCUT2D eigenvalue weighted by atomic mass is 32.2. The molecule has 144 valence electrons. The van der Waals surface area contributed by atoms with Crippen molar-refractivity contribution in [1.29, 1.82) is 0 Å². The van der Waals surface area contributed by atoms with E-state index >= 15 is 0 Å². The number of hydrogen-bond donors (Lipinski definition) is 1. The minimum Gasteiger partial charge on any atom is -0.350 e. The second-order valence-electron chi connectivity index (χ2n) is 6.79. The molecule has 7 heteroatoms. The highest BCUT2D eigenvalue weighted by Crippen LogP contribution is 2.19. The lowest BCUT2D eigenvalue weighted by Crippen LogP contribution is -2.48. The highest BCUT2D eigenvalue weighted by Gasteiger charge is 2.23.